The van der Waals surface area contributed by atoms with Crippen molar-refractivity contribution in [2.45, 2.75) is 44.9 Å². The summed E-state index contributed by atoms with van der Waals surface area (Å²) in [7, 11) is 0. The number of halogens is 1. The number of hydrogen-bond acceptors (Lipinski definition) is 6. The molecule has 1 aliphatic carbocycles. The summed E-state index contributed by atoms with van der Waals surface area (Å²) in [6.45, 7) is -0.293. The number of rotatable bonds is 8. The topological polar surface area (TPSA) is 83.3 Å². The Kier molecular flexibility index (Phi) is 7.53. The van der Waals surface area contributed by atoms with Crippen LogP contribution in [0, 0.1) is 22.6 Å². The second-order valence-electron chi connectivity index (χ2n) is 8.60. The molecule has 0 atom stereocenters. The van der Waals surface area contributed by atoms with Crippen LogP contribution < -0.4 is 4.90 Å². The molecule has 1 aromatic heterocycles. The first-order valence-electron chi connectivity index (χ1n) is 11.5. The minimum atomic E-state index is -0.695. The number of carbonyl (C=O) groups excluding carboxylic acids is 2. The quantitative estimate of drug-likeness (QED) is 0.403. The van der Waals surface area contributed by atoms with E-state index in [0.29, 0.717) is 24.9 Å². The highest BCUT2D eigenvalue weighted by Crippen LogP contribution is 2.41. The Balaban J connectivity index is 1.47. The van der Waals surface area contributed by atoms with Crippen molar-refractivity contribution in [3.8, 4) is 6.07 Å². The summed E-state index contributed by atoms with van der Waals surface area (Å²) in [5.41, 5.74) is 0.684. The zero-order valence-electron chi connectivity index (χ0n) is 18.8. The van der Waals surface area contributed by atoms with Gasteiger partial charge >= 0.3 is 5.97 Å². The number of ether oxygens (including phenoxy) is 1. The van der Waals surface area contributed by atoms with Gasteiger partial charge in [0, 0.05) is 18.7 Å². The van der Waals surface area contributed by atoms with Gasteiger partial charge in [-0.1, -0.05) is 31.4 Å². The Bertz CT molecular complexity index is 1160. The highest BCUT2D eigenvalue weighted by atomic mass is 32.1. The van der Waals surface area contributed by atoms with E-state index in [1.807, 2.05) is 30.3 Å². The Labute approximate surface area is 202 Å². The summed E-state index contributed by atoms with van der Waals surface area (Å²) in [4.78, 5) is 32.4. The number of amides is 1. The Morgan fingerprint density at radius 2 is 1.85 bits per heavy atom. The fourth-order valence-electron chi connectivity index (χ4n) is 4.51. The van der Waals surface area contributed by atoms with Crippen LogP contribution in [0.15, 0.2) is 48.5 Å². The van der Waals surface area contributed by atoms with Crippen LogP contribution in [0.3, 0.4) is 0 Å². The molecule has 4 rings (SSSR count). The van der Waals surface area contributed by atoms with Crippen LogP contribution in [0.4, 0.5) is 10.1 Å². The van der Waals surface area contributed by atoms with Gasteiger partial charge < -0.3 is 9.64 Å². The zero-order valence-corrected chi connectivity index (χ0v) is 19.7. The number of fused-ring (bicyclic) bond motifs is 1. The molecule has 0 aliphatic heterocycles. The molecule has 1 fully saturated rings. The van der Waals surface area contributed by atoms with Crippen LogP contribution >= 0.6 is 11.3 Å². The van der Waals surface area contributed by atoms with Gasteiger partial charge in [-0.25, -0.2) is 9.37 Å². The van der Waals surface area contributed by atoms with Gasteiger partial charge in [0.25, 0.3) is 5.91 Å². The minimum Gasteiger partial charge on any atom is -0.455 e. The van der Waals surface area contributed by atoms with Gasteiger partial charge in [0.15, 0.2) is 6.61 Å². The van der Waals surface area contributed by atoms with Crippen LogP contribution in [-0.2, 0) is 20.7 Å². The largest absolute Gasteiger partial charge is 0.455 e. The highest BCUT2D eigenvalue weighted by Gasteiger charge is 2.42. The van der Waals surface area contributed by atoms with Gasteiger partial charge in [-0.15, -0.1) is 11.3 Å². The third-order valence-corrected chi connectivity index (χ3v) is 7.32. The van der Waals surface area contributed by atoms with E-state index in [2.05, 4.69) is 0 Å². The second-order valence-corrected chi connectivity index (χ2v) is 9.71. The lowest BCUT2D eigenvalue weighted by Gasteiger charge is -2.34. The Morgan fingerprint density at radius 1 is 1.12 bits per heavy atom. The molecule has 0 radical (unpaired) electrons. The Hall–Kier alpha value is -3.31. The van der Waals surface area contributed by atoms with Gasteiger partial charge in [0.2, 0.25) is 0 Å². The van der Waals surface area contributed by atoms with Crippen molar-refractivity contribution in [2.75, 3.05) is 18.1 Å². The monoisotopic (exact) mass is 479 g/mol. The summed E-state index contributed by atoms with van der Waals surface area (Å²) in [5.74, 6) is -1.24. The number of anilines is 1. The van der Waals surface area contributed by atoms with Crippen molar-refractivity contribution < 1.29 is 18.7 Å². The van der Waals surface area contributed by atoms with E-state index in [9.17, 15) is 14.0 Å². The first-order valence-corrected chi connectivity index (χ1v) is 12.3. The van der Waals surface area contributed by atoms with Crippen LogP contribution in [0.2, 0.25) is 0 Å². The molecular weight excluding hydrogens is 453 g/mol. The molecule has 6 nitrogen and oxygen atoms in total. The molecule has 2 aromatic carbocycles. The lowest BCUT2D eigenvalue weighted by molar-refractivity contribution is -0.160. The molecule has 1 aliphatic rings. The molecule has 3 aromatic rings. The van der Waals surface area contributed by atoms with Crippen LogP contribution in [0.5, 0.6) is 0 Å². The van der Waals surface area contributed by atoms with E-state index < -0.39 is 23.7 Å². The van der Waals surface area contributed by atoms with Crippen LogP contribution in [0.25, 0.3) is 10.2 Å². The molecule has 0 spiro atoms. The summed E-state index contributed by atoms with van der Waals surface area (Å²) in [6.07, 6.45) is 4.93. The number of hydrogen-bond donors (Lipinski definition) is 0. The smallest absolute Gasteiger partial charge is 0.313 e. The third-order valence-electron chi connectivity index (χ3n) is 6.28. The summed E-state index contributed by atoms with van der Waals surface area (Å²) < 4.78 is 20.0. The summed E-state index contributed by atoms with van der Waals surface area (Å²) >= 11 is 1.59. The molecule has 0 bridgehead atoms. The van der Waals surface area contributed by atoms with Gasteiger partial charge in [-0.05, 0) is 49.2 Å². The lowest BCUT2D eigenvalue weighted by atomic mass is 9.72. The third kappa shape index (κ3) is 5.42. The molecule has 0 saturated heterocycles. The first kappa shape index (κ1) is 23.8. The normalized spacial score (nSPS) is 14.9. The number of carbonyl (C=O) groups is 2. The number of thiazole rings is 1. The maximum Gasteiger partial charge on any atom is 0.313 e. The van der Waals surface area contributed by atoms with Crippen molar-refractivity contribution in [3.05, 3.63) is 59.4 Å². The lowest BCUT2D eigenvalue weighted by Crippen LogP contribution is -2.41. The predicted octanol–water partition coefficient (Wildman–Crippen LogP) is 5.42. The maximum absolute atomic E-state index is 13.3. The summed E-state index contributed by atoms with van der Waals surface area (Å²) in [6, 6.07) is 15.4. The van der Waals surface area contributed by atoms with Crippen LogP contribution in [0.1, 0.15) is 43.5 Å². The Morgan fingerprint density at radius 3 is 2.56 bits per heavy atom. The predicted molar refractivity (Wildman–Crippen MR) is 129 cm³/mol. The van der Waals surface area contributed by atoms with Gasteiger partial charge in [-0.2, -0.15) is 5.26 Å². The molecule has 176 valence electrons. The minimum absolute atomic E-state index is 0.110. The molecule has 0 N–H and O–H groups in total. The van der Waals surface area contributed by atoms with E-state index in [1.165, 1.54) is 29.2 Å². The molecular formula is C26H26FN3O3S. The average molecular weight is 480 g/mol. The molecule has 8 heteroatoms. The number of nitrogens with zero attached hydrogens (tertiary/aromatic N) is 3. The molecule has 1 heterocycles. The van der Waals surface area contributed by atoms with E-state index in [4.69, 9.17) is 15.0 Å². The van der Waals surface area contributed by atoms with E-state index >= 15 is 0 Å². The van der Waals surface area contributed by atoms with Crippen molar-refractivity contribution in [3.63, 3.8) is 0 Å². The van der Waals surface area contributed by atoms with Gasteiger partial charge in [0.05, 0.1) is 33.1 Å². The standard InChI is InChI=1S/C26H26FN3O3S/c27-19-9-11-20(12-10-19)30(16-6-15-28)24(31)18-33-25(32)26(13-4-1-5-14-26)17-23-29-21-7-2-3-8-22(21)34-23/h2-3,7-12H,1,4-6,13-14,16-18H2. The van der Waals surface area contributed by atoms with Gasteiger partial charge in [0.1, 0.15) is 5.82 Å². The van der Waals surface area contributed by atoms with Crippen molar-refractivity contribution in [2.24, 2.45) is 5.41 Å². The molecule has 1 saturated carbocycles. The maximum atomic E-state index is 13.3. The second kappa shape index (κ2) is 10.7. The van der Waals surface area contributed by atoms with E-state index in [-0.39, 0.29) is 18.9 Å². The summed E-state index contributed by atoms with van der Waals surface area (Å²) in [5, 5.41) is 9.86. The number of nitriles is 1. The van der Waals surface area contributed by atoms with Gasteiger partial charge in [-0.3, -0.25) is 9.59 Å². The van der Waals surface area contributed by atoms with Crippen molar-refractivity contribution in [1.82, 2.24) is 4.98 Å². The molecule has 0 unspecified atom stereocenters. The highest BCUT2D eigenvalue weighted by molar-refractivity contribution is 7.18. The SMILES string of the molecule is N#CCCN(C(=O)COC(=O)C1(Cc2nc3ccccc3s2)CCCCC1)c1ccc(F)cc1. The van der Waals surface area contributed by atoms with Crippen molar-refractivity contribution in [1.29, 1.82) is 5.26 Å². The number of aromatic nitrogens is 1. The van der Waals surface area contributed by atoms with E-state index in [0.717, 1.165) is 34.5 Å². The first-order chi connectivity index (χ1) is 16.5. The number of esters is 1. The molecule has 1 amide bonds. The number of para-hydroxylation sites is 1. The molecule has 34 heavy (non-hydrogen) atoms. The number of benzene rings is 2. The fourth-order valence-corrected chi connectivity index (χ4v) is 5.62. The van der Waals surface area contributed by atoms with Crippen molar-refractivity contribution >= 4 is 39.1 Å². The fraction of sp³-hybridized carbons (Fsp3) is 0.385. The van der Waals surface area contributed by atoms with Crippen LogP contribution in [-0.4, -0.2) is 30.0 Å². The zero-order chi connectivity index (χ0) is 24.0. The van der Waals surface area contributed by atoms with E-state index in [1.54, 1.807) is 11.3 Å². The average Bonchev–Trinajstić information content (AvgIpc) is 3.26.